The summed E-state index contributed by atoms with van der Waals surface area (Å²) in [5.41, 5.74) is -0.0529. The fourth-order valence-electron chi connectivity index (χ4n) is 2.95. The van der Waals surface area contributed by atoms with Crippen LogP contribution in [0.4, 0.5) is 18.9 Å². The zero-order valence-electron chi connectivity index (χ0n) is 16.5. The first-order valence-electron chi connectivity index (χ1n) is 9.32. The molecule has 3 aromatic rings. The number of alkyl halides is 3. The number of hydrogen-bond donors (Lipinski definition) is 1. The average Bonchev–Trinajstić information content (AvgIpc) is 2.74. The number of sulfone groups is 1. The van der Waals surface area contributed by atoms with Crippen LogP contribution in [0, 0.1) is 12.1 Å². The van der Waals surface area contributed by atoms with Crippen LogP contribution in [0.25, 0.3) is 11.1 Å². The molecule has 0 radical (unpaired) electrons. The molecule has 31 heavy (non-hydrogen) atoms. The minimum Gasteiger partial charge on any atom is -0.326 e. The lowest BCUT2D eigenvalue weighted by molar-refractivity contribution is -0.137. The number of halogens is 3. The molecule has 0 aromatic heterocycles. The Kier molecular flexibility index (Phi) is 6.37. The summed E-state index contributed by atoms with van der Waals surface area (Å²) in [6.45, 7) is 1.50. The molecule has 0 heterocycles. The molecule has 0 aliphatic rings. The number of rotatable bonds is 6. The molecule has 0 spiro atoms. The molecule has 160 valence electrons. The van der Waals surface area contributed by atoms with Gasteiger partial charge < -0.3 is 5.32 Å². The standard InChI is InChI=1S/C23H18F3NO3S/c1-2-31(29,30)19-11-8-16(9-12-19)14-22(28)27-18-10-13-20(17-6-4-3-5-7-17)21(15-18)23(24,25)26/h3-8,10-11,13,15H,2,14H2,1H3,(H,27,28). The first-order valence-corrected chi connectivity index (χ1v) is 11.0. The summed E-state index contributed by atoms with van der Waals surface area (Å²) >= 11 is 0. The van der Waals surface area contributed by atoms with E-state index < -0.39 is 27.5 Å². The maximum absolute atomic E-state index is 13.6. The van der Waals surface area contributed by atoms with E-state index in [9.17, 15) is 26.4 Å². The maximum Gasteiger partial charge on any atom is 0.417 e. The number of anilines is 1. The molecule has 3 rings (SSSR count). The normalized spacial score (nSPS) is 11.6. The molecule has 0 atom stereocenters. The van der Waals surface area contributed by atoms with Crippen molar-refractivity contribution in [1.82, 2.24) is 0 Å². The van der Waals surface area contributed by atoms with Gasteiger partial charge >= 0.3 is 6.18 Å². The van der Waals surface area contributed by atoms with Gasteiger partial charge in [0.15, 0.2) is 9.84 Å². The van der Waals surface area contributed by atoms with Crippen LogP contribution in [0.1, 0.15) is 18.1 Å². The van der Waals surface area contributed by atoms with Crippen molar-refractivity contribution >= 4 is 21.4 Å². The van der Waals surface area contributed by atoms with Crippen LogP contribution < -0.4 is 5.32 Å². The van der Waals surface area contributed by atoms with Crippen LogP contribution >= 0.6 is 0 Å². The summed E-state index contributed by atoms with van der Waals surface area (Å²) in [6.07, 6.45) is -4.79. The van der Waals surface area contributed by atoms with Crippen molar-refractivity contribution in [3.05, 3.63) is 83.9 Å². The predicted molar refractivity (Wildman–Crippen MR) is 111 cm³/mol. The van der Waals surface area contributed by atoms with E-state index in [1.165, 1.54) is 31.2 Å². The summed E-state index contributed by atoms with van der Waals surface area (Å²) in [6, 6.07) is 19.7. The third kappa shape index (κ3) is 5.44. The van der Waals surface area contributed by atoms with E-state index in [1.807, 2.05) is 0 Å². The lowest BCUT2D eigenvalue weighted by Crippen LogP contribution is -2.15. The van der Waals surface area contributed by atoms with E-state index in [0.717, 1.165) is 6.07 Å². The average molecular weight is 445 g/mol. The van der Waals surface area contributed by atoms with Crippen LogP contribution in [0.5, 0.6) is 0 Å². The Morgan fingerprint density at radius 3 is 2.29 bits per heavy atom. The van der Waals surface area contributed by atoms with Crippen molar-refractivity contribution < 1.29 is 26.4 Å². The summed E-state index contributed by atoms with van der Waals surface area (Å²) in [5, 5.41) is 2.45. The third-order valence-electron chi connectivity index (χ3n) is 4.54. The monoisotopic (exact) mass is 445 g/mol. The van der Waals surface area contributed by atoms with Crippen molar-refractivity contribution in [2.75, 3.05) is 11.1 Å². The molecule has 1 N–H and O–H groups in total. The Morgan fingerprint density at radius 1 is 1.00 bits per heavy atom. The fraction of sp³-hybridized carbons (Fsp3) is 0.174. The van der Waals surface area contributed by atoms with Gasteiger partial charge in [-0.15, -0.1) is 0 Å². The van der Waals surface area contributed by atoms with Gasteiger partial charge in [0.1, 0.15) is 4.90 Å². The highest BCUT2D eigenvalue weighted by molar-refractivity contribution is 7.91. The van der Waals surface area contributed by atoms with Crippen LogP contribution in [-0.2, 0) is 27.2 Å². The highest BCUT2D eigenvalue weighted by atomic mass is 32.2. The first-order chi connectivity index (χ1) is 14.6. The summed E-state index contributed by atoms with van der Waals surface area (Å²) in [7, 11) is -3.43. The fourth-order valence-corrected chi connectivity index (χ4v) is 3.74. The van der Waals surface area contributed by atoms with Gasteiger partial charge in [-0.05, 0) is 41.5 Å². The lowest BCUT2D eigenvalue weighted by atomic mass is 9.98. The smallest absolute Gasteiger partial charge is 0.326 e. The van der Waals surface area contributed by atoms with Gasteiger partial charge in [-0.1, -0.05) is 49.4 Å². The molecule has 0 unspecified atom stereocenters. The van der Waals surface area contributed by atoms with E-state index in [1.54, 1.807) is 30.3 Å². The summed E-state index contributed by atoms with van der Waals surface area (Å²) < 4.78 is 64.4. The minimum atomic E-state index is -4.60. The number of hydrogen-bond acceptors (Lipinski definition) is 3. The molecule has 1 amide bonds. The lowest BCUT2D eigenvalue weighted by Gasteiger charge is -2.15. The Bertz CT molecular complexity index is 1170. The van der Waals surface area contributed by atoms with Gasteiger partial charge in [-0.2, -0.15) is 13.2 Å². The van der Waals surface area contributed by atoms with Gasteiger partial charge in [-0.3, -0.25) is 4.79 Å². The Hall–Kier alpha value is -3.31. The Labute approximate surface area is 178 Å². The number of carbonyl (C=O) groups is 1. The SMILES string of the molecule is CCS(=O)(=O)c1c#cc(CC(=O)Nc2ccc(-c3ccccc3)c(C(F)(F)F)c2)cc1. The van der Waals surface area contributed by atoms with Crippen LogP contribution in [0.3, 0.4) is 0 Å². The third-order valence-corrected chi connectivity index (χ3v) is 6.21. The van der Waals surface area contributed by atoms with E-state index in [0.29, 0.717) is 11.1 Å². The van der Waals surface area contributed by atoms with Crippen molar-refractivity contribution in [2.24, 2.45) is 0 Å². The van der Waals surface area contributed by atoms with Gasteiger partial charge in [0.2, 0.25) is 5.91 Å². The molecule has 0 aliphatic heterocycles. The second-order valence-electron chi connectivity index (χ2n) is 6.73. The zero-order valence-corrected chi connectivity index (χ0v) is 17.3. The van der Waals surface area contributed by atoms with Crippen LogP contribution in [0.15, 0.2) is 65.6 Å². The van der Waals surface area contributed by atoms with Gasteiger partial charge in [-0.25, -0.2) is 8.42 Å². The van der Waals surface area contributed by atoms with Crippen LogP contribution in [-0.4, -0.2) is 20.1 Å². The van der Waals surface area contributed by atoms with Crippen molar-refractivity contribution in [2.45, 2.75) is 24.4 Å². The van der Waals surface area contributed by atoms with E-state index >= 15 is 0 Å². The van der Waals surface area contributed by atoms with Gasteiger partial charge in [0, 0.05) is 11.3 Å². The topological polar surface area (TPSA) is 63.2 Å². The number of benzene rings is 2. The molecule has 0 fully saturated rings. The second-order valence-corrected chi connectivity index (χ2v) is 8.97. The first kappa shape index (κ1) is 22.4. The minimum absolute atomic E-state index is 0.00571. The summed E-state index contributed by atoms with van der Waals surface area (Å²) in [4.78, 5) is 12.3. The summed E-state index contributed by atoms with van der Waals surface area (Å²) in [5.74, 6) is -0.645. The largest absolute Gasteiger partial charge is 0.417 e. The Balaban J connectivity index is 1.79. The maximum atomic E-state index is 13.6. The highest BCUT2D eigenvalue weighted by Gasteiger charge is 2.34. The molecule has 0 saturated heterocycles. The number of amides is 1. The number of nitrogens with one attached hydrogen (secondary N) is 1. The number of carbonyl (C=O) groups excluding carboxylic acids is 1. The van der Waals surface area contributed by atoms with Gasteiger partial charge in [0.25, 0.3) is 0 Å². The molecule has 0 saturated carbocycles. The van der Waals surface area contributed by atoms with Crippen LogP contribution in [0.2, 0.25) is 0 Å². The van der Waals surface area contributed by atoms with Gasteiger partial charge in [0.05, 0.1) is 17.7 Å². The molecule has 0 aliphatic carbocycles. The molecular formula is C23H18F3NO3S. The zero-order chi connectivity index (χ0) is 22.6. The van der Waals surface area contributed by atoms with Crippen molar-refractivity contribution in [3.8, 4) is 11.1 Å². The van der Waals surface area contributed by atoms with E-state index in [-0.39, 0.29) is 28.3 Å². The van der Waals surface area contributed by atoms with E-state index in [2.05, 4.69) is 17.4 Å². The highest BCUT2D eigenvalue weighted by Crippen LogP contribution is 2.38. The molecular weight excluding hydrogens is 427 g/mol. The van der Waals surface area contributed by atoms with E-state index in [4.69, 9.17) is 0 Å². The van der Waals surface area contributed by atoms with Crippen molar-refractivity contribution in [3.63, 3.8) is 0 Å². The molecule has 3 aromatic carbocycles. The Morgan fingerprint density at radius 2 is 1.71 bits per heavy atom. The molecule has 0 bridgehead atoms. The molecule has 8 heteroatoms. The second kappa shape index (κ2) is 8.82. The predicted octanol–water partition coefficient (Wildman–Crippen LogP) is 4.95. The molecule has 4 nitrogen and oxygen atoms in total. The quantitative estimate of drug-likeness (QED) is 0.584. The van der Waals surface area contributed by atoms with Crippen molar-refractivity contribution in [1.29, 1.82) is 0 Å².